The second kappa shape index (κ2) is 13.4. The lowest BCUT2D eigenvalue weighted by Gasteiger charge is -2.60. The van der Waals surface area contributed by atoms with Crippen LogP contribution in [0.1, 0.15) is 81.7 Å². The average Bonchev–Trinajstić information content (AvgIpc) is 3.85. The number of phenolic OH excluding ortho intramolecular Hbond substituents is 1. The molecule has 4 aromatic rings. The van der Waals surface area contributed by atoms with Crippen molar-refractivity contribution < 1.29 is 53.3 Å². The van der Waals surface area contributed by atoms with Gasteiger partial charge in [-0.3, -0.25) is 15.0 Å². The number of phenols is 1. The van der Waals surface area contributed by atoms with E-state index in [1.54, 1.807) is 7.11 Å². The first-order valence-electron chi connectivity index (χ1n) is 19.5. The molecule has 0 amide bonds. The van der Waals surface area contributed by atoms with Crippen LogP contribution >= 0.6 is 11.8 Å². The molecule has 2 fully saturated rings. The van der Waals surface area contributed by atoms with Crippen molar-refractivity contribution in [2.45, 2.75) is 87.3 Å². The number of aromatic amines is 1. The van der Waals surface area contributed by atoms with Gasteiger partial charge in [-0.25, -0.2) is 4.79 Å². The van der Waals surface area contributed by atoms with E-state index in [1.165, 1.54) is 25.8 Å². The smallest absolute Gasteiger partial charge is 0.333 e. The first-order chi connectivity index (χ1) is 27.9. The Balaban J connectivity index is 1.23. The number of hydrogen-bond acceptors (Lipinski definition) is 15. The summed E-state index contributed by atoms with van der Waals surface area (Å²) in [7, 11) is 3.13. The fourth-order valence-electron chi connectivity index (χ4n) is 10.7. The fraction of sp³-hybridized carbons (Fsp3) is 0.476. The molecule has 0 saturated carbocycles. The monoisotopic (exact) mass is 814 g/mol. The third-order valence-electron chi connectivity index (χ3n) is 13.2. The number of carbonyl (C=O) groups is 2. The quantitative estimate of drug-likeness (QED) is 0.129. The molecule has 0 radical (unpaired) electrons. The van der Waals surface area contributed by atoms with E-state index < -0.39 is 59.2 Å². The summed E-state index contributed by atoms with van der Waals surface area (Å²) in [6.45, 7) is 6.54. The van der Waals surface area contributed by atoms with Crippen LogP contribution in [0.3, 0.4) is 0 Å². The largest absolute Gasteiger partial charge is 0.504 e. The Morgan fingerprint density at radius 1 is 1.07 bits per heavy atom. The molecule has 2 saturated heterocycles. The minimum Gasteiger partial charge on any atom is -0.504 e. The Kier molecular flexibility index (Phi) is 8.68. The minimum atomic E-state index is -1.47. The van der Waals surface area contributed by atoms with Crippen molar-refractivity contribution in [3.05, 3.63) is 68.9 Å². The van der Waals surface area contributed by atoms with Crippen molar-refractivity contribution in [2.24, 2.45) is 0 Å². The van der Waals surface area contributed by atoms with Crippen LogP contribution in [0.25, 0.3) is 10.9 Å². The number of rotatable bonds is 4. The Labute approximate surface area is 338 Å². The maximum atomic E-state index is 15.0. The van der Waals surface area contributed by atoms with Gasteiger partial charge in [0, 0.05) is 63.8 Å². The normalized spacial score (nSPS) is 30.6. The van der Waals surface area contributed by atoms with Crippen LogP contribution in [0.5, 0.6) is 34.5 Å². The SMILES string of the molecule is COc1ccc2[nH]c3c(c2c1)C[C@@H](CO)N[C@]31CS[C@@H]2c3c(OC(C)=O)c(C)c4c(c3[C@H](COC1=O)N1[C@@H]2[C@@H]2N[C@@H](C(C)c3cc(C)c(OC)c(O)c32)[C@@H]1O)OCO4. The van der Waals surface area contributed by atoms with Crippen LogP contribution < -0.4 is 34.3 Å². The zero-order valence-electron chi connectivity index (χ0n) is 32.9. The number of H-pyrrole nitrogens is 1. The number of thioether (sulfide) groups is 1. The first kappa shape index (κ1) is 37.6. The van der Waals surface area contributed by atoms with E-state index in [0.29, 0.717) is 63.1 Å². The summed E-state index contributed by atoms with van der Waals surface area (Å²) >= 11 is 1.44. The van der Waals surface area contributed by atoms with Gasteiger partial charge in [0.25, 0.3) is 0 Å². The zero-order valence-corrected chi connectivity index (χ0v) is 33.7. The number of ether oxygens (including phenoxy) is 6. The number of aromatic hydroxyl groups is 1. The number of nitrogens with zero attached hydrogens (tertiary/aromatic N) is 1. The third-order valence-corrected chi connectivity index (χ3v) is 14.7. The highest BCUT2D eigenvalue weighted by Crippen LogP contribution is 2.64. The van der Waals surface area contributed by atoms with Crippen LogP contribution in [0.15, 0.2) is 24.3 Å². The number of carbonyl (C=O) groups excluding carboxylic acids is 2. The molecule has 0 aliphatic carbocycles. The van der Waals surface area contributed by atoms with Gasteiger partial charge >= 0.3 is 11.9 Å². The number of methoxy groups -OCH3 is 2. The number of aliphatic hydroxyl groups excluding tert-OH is 2. The van der Waals surface area contributed by atoms with Gasteiger partial charge in [0.2, 0.25) is 6.79 Å². The highest BCUT2D eigenvalue weighted by Gasteiger charge is 2.61. The molecular formula is C42H46N4O11S. The highest BCUT2D eigenvalue weighted by atomic mass is 32.2. The number of aliphatic hydroxyl groups is 2. The lowest BCUT2D eigenvalue weighted by Crippen LogP contribution is -2.70. The first-order valence-corrected chi connectivity index (χ1v) is 20.6. The Bertz CT molecular complexity index is 2420. The highest BCUT2D eigenvalue weighted by molar-refractivity contribution is 7.99. The summed E-state index contributed by atoms with van der Waals surface area (Å²) < 4.78 is 36.2. The van der Waals surface area contributed by atoms with Crippen LogP contribution in [0, 0.1) is 13.8 Å². The zero-order chi connectivity index (χ0) is 40.5. The summed E-state index contributed by atoms with van der Waals surface area (Å²) in [5, 5.41) is 42.9. The average molecular weight is 815 g/mol. The molecule has 7 aliphatic heterocycles. The maximum absolute atomic E-state index is 15.0. The molecule has 8 heterocycles. The number of piperazine rings is 1. The standard InChI is InChI=1S/C42H46N4O11S/c1-16-9-22-17(2)30-40(50)46-26-13-54-41(51)42(39-24(10-20(12-47)45-42)23-11-21(52-5)7-8-25(23)43-39)14-58-38(32(46)31(44-30)27(22)33(49)34(16)53-6)29-28(26)37-36(55-15-56-37)18(3)35(29)57-19(4)48/h7-9,11,17,20,26,30-32,38,40,43-45,47,49-50H,10,12-15H2,1-6H3/t17?,20-,26-,30-,31+,32+,38+,40-,42+/m0/s1. The topological polar surface area (TPSA) is 193 Å². The molecular weight excluding hydrogens is 769 g/mol. The van der Waals surface area contributed by atoms with Crippen LogP contribution in [-0.4, -0.2) is 101 Å². The molecule has 6 N–H and O–H groups in total. The number of benzene rings is 3. The number of hydrogen-bond donors (Lipinski definition) is 6. The Morgan fingerprint density at radius 2 is 1.86 bits per heavy atom. The van der Waals surface area contributed by atoms with Gasteiger partial charge in [0.05, 0.1) is 49.9 Å². The molecule has 7 aliphatic rings. The van der Waals surface area contributed by atoms with Crippen molar-refractivity contribution in [2.75, 3.05) is 40.0 Å². The van der Waals surface area contributed by atoms with E-state index in [0.717, 1.165) is 27.6 Å². The van der Waals surface area contributed by atoms with Gasteiger partial charge in [-0.1, -0.05) is 13.0 Å². The van der Waals surface area contributed by atoms with E-state index in [4.69, 9.17) is 28.4 Å². The van der Waals surface area contributed by atoms with Gasteiger partial charge in [0.15, 0.2) is 28.5 Å². The third kappa shape index (κ3) is 5.05. The molecule has 16 heteroatoms. The fourth-order valence-corrected chi connectivity index (χ4v) is 12.4. The van der Waals surface area contributed by atoms with Gasteiger partial charge in [-0.15, -0.1) is 11.8 Å². The van der Waals surface area contributed by atoms with Gasteiger partial charge in [0.1, 0.15) is 24.3 Å². The Morgan fingerprint density at radius 3 is 2.60 bits per heavy atom. The van der Waals surface area contributed by atoms with E-state index in [9.17, 15) is 20.1 Å². The number of aromatic nitrogens is 1. The summed E-state index contributed by atoms with van der Waals surface area (Å²) in [4.78, 5) is 33.5. The molecule has 3 aromatic carbocycles. The number of fused-ring (bicyclic) bond motifs is 11. The predicted molar refractivity (Wildman–Crippen MR) is 211 cm³/mol. The molecule has 15 nitrogen and oxygen atoms in total. The van der Waals surface area contributed by atoms with E-state index >= 15 is 4.79 Å². The summed E-state index contributed by atoms with van der Waals surface area (Å²) in [5.74, 6) is 0.960. The molecule has 1 spiro atoms. The number of nitrogens with one attached hydrogen (secondary N) is 3. The second-order valence-electron chi connectivity index (χ2n) is 16.2. The van der Waals surface area contributed by atoms with Crippen molar-refractivity contribution >= 4 is 34.6 Å². The van der Waals surface area contributed by atoms with E-state index in [1.807, 2.05) is 49.9 Å². The van der Waals surface area contributed by atoms with Crippen LogP contribution in [0.2, 0.25) is 0 Å². The summed E-state index contributed by atoms with van der Waals surface area (Å²) in [5.41, 5.74) is 4.98. The molecule has 11 rings (SSSR count). The predicted octanol–water partition coefficient (Wildman–Crippen LogP) is 3.77. The molecule has 58 heavy (non-hydrogen) atoms. The minimum absolute atomic E-state index is 0.0117. The molecule has 1 unspecified atom stereocenters. The van der Waals surface area contributed by atoms with E-state index in [-0.39, 0.29) is 37.4 Å². The lowest BCUT2D eigenvalue weighted by atomic mass is 9.71. The van der Waals surface area contributed by atoms with Gasteiger partial charge < -0.3 is 54.0 Å². The van der Waals surface area contributed by atoms with Crippen molar-refractivity contribution in [3.8, 4) is 34.5 Å². The van der Waals surface area contributed by atoms with Gasteiger partial charge in [-0.05, 0) is 55.2 Å². The summed E-state index contributed by atoms with van der Waals surface area (Å²) in [6, 6.07) is 4.71. The van der Waals surface area contributed by atoms with Crippen LogP contribution in [-0.2, 0) is 26.3 Å². The van der Waals surface area contributed by atoms with Crippen molar-refractivity contribution in [1.29, 1.82) is 0 Å². The van der Waals surface area contributed by atoms with E-state index in [2.05, 4.69) is 15.6 Å². The number of esters is 2. The molecule has 306 valence electrons. The Hall–Kier alpha value is -4.71. The van der Waals surface area contributed by atoms with Crippen LogP contribution in [0.4, 0.5) is 0 Å². The molecule has 1 aromatic heterocycles. The lowest BCUT2D eigenvalue weighted by molar-refractivity contribution is -0.166. The van der Waals surface area contributed by atoms with Crippen molar-refractivity contribution in [1.82, 2.24) is 20.5 Å². The molecule has 9 atom stereocenters. The van der Waals surface area contributed by atoms with Gasteiger partial charge in [-0.2, -0.15) is 0 Å². The maximum Gasteiger partial charge on any atom is 0.333 e. The number of aryl methyl sites for hydroxylation is 1. The summed E-state index contributed by atoms with van der Waals surface area (Å²) in [6.07, 6.45) is -0.654. The molecule has 4 bridgehead atoms. The second-order valence-corrected chi connectivity index (χ2v) is 17.3. The van der Waals surface area contributed by atoms with Crippen molar-refractivity contribution in [3.63, 3.8) is 0 Å².